The molecular weight excluding hydrogens is 280 g/mol. The fourth-order valence-corrected chi connectivity index (χ4v) is 2.28. The summed E-state index contributed by atoms with van der Waals surface area (Å²) in [4.78, 5) is 13.0. The van der Waals surface area contributed by atoms with Crippen LogP contribution in [0.2, 0.25) is 0 Å². The normalized spacial score (nSPS) is 10.1. The van der Waals surface area contributed by atoms with E-state index in [4.69, 9.17) is 18.0 Å². The van der Waals surface area contributed by atoms with Crippen LogP contribution in [0.1, 0.15) is 5.56 Å². The van der Waals surface area contributed by atoms with Gasteiger partial charge in [0.05, 0.1) is 17.5 Å². The van der Waals surface area contributed by atoms with Gasteiger partial charge in [0, 0.05) is 4.90 Å². The molecule has 5 nitrogen and oxygen atoms in total. The average Bonchev–Trinajstić information content (AvgIpc) is 2.86. The predicted octanol–water partition coefficient (Wildman–Crippen LogP) is 1.77. The first-order valence-electron chi connectivity index (χ1n) is 5.47. The molecule has 1 aromatic carbocycles. The average molecular weight is 292 g/mol. The first kappa shape index (κ1) is 13.6. The van der Waals surface area contributed by atoms with Crippen LogP contribution >= 0.6 is 24.0 Å². The summed E-state index contributed by atoms with van der Waals surface area (Å²) in [6.45, 7) is 0. The Labute approximate surface area is 120 Å². The van der Waals surface area contributed by atoms with Crippen molar-refractivity contribution in [3.63, 3.8) is 0 Å². The minimum atomic E-state index is -0.143. The highest BCUT2D eigenvalue weighted by molar-refractivity contribution is 8.00. The Morgan fingerprint density at radius 2 is 2.16 bits per heavy atom. The molecule has 1 amide bonds. The van der Waals surface area contributed by atoms with Crippen molar-refractivity contribution in [2.45, 2.75) is 4.90 Å². The molecule has 0 unspecified atom stereocenters. The maximum absolute atomic E-state index is 11.8. The van der Waals surface area contributed by atoms with E-state index in [-0.39, 0.29) is 10.9 Å². The van der Waals surface area contributed by atoms with Crippen molar-refractivity contribution >= 4 is 40.7 Å². The third-order valence-corrected chi connectivity index (χ3v) is 3.51. The first-order chi connectivity index (χ1) is 9.16. The van der Waals surface area contributed by atoms with Gasteiger partial charge in [-0.05, 0) is 12.1 Å². The molecule has 0 bridgehead atoms. The summed E-state index contributed by atoms with van der Waals surface area (Å²) in [6, 6.07) is 9.70. The van der Waals surface area contributed by atoms with Gasteiger partial charge < -0.3 is 11.1 Å². The van der Waals surface area contributed by atoms with Gasteiger partial charge >= 0.3 is 0 Å². The number of amides is 1. The Morgan fingerprint density at radius 1 is 1.42 bits per heavy atom. The molecule has 0 atom stereocenters. The molecule has 0 spiro atoms. The number of rotatable bonds is 5. The quantitative estimate of drug-likeness (QED) is 0.578. The number of thioether (sulfide) groups is 1. The van der Waals surface area contributed by atoms with Crippen LogP contribution in [-0.4, -0.2) is 26.8 Å². The minimum absolute atomic E-state index is 0.143. The zero-order chi connectivity index (χ0) is 13.7. The summed E-state index contributed by atoms with van der Waals surface area (Å²) in [5.41, 5.74) is 6.05. The maximum Gasteiger partial charge on any atom is 0.235 e. The predicted molar refractivity (Wildman–Crippen MR) is 80.3 cm³/mol. The van der Waals surface area contributed by atoms with E-state index in [1.807, 2.05) is 30.3 Å². The molecule has 1 aromatic heterocycles. The highest BCUT2D eigenvalue weighted by Gasteiger charge is 2.11. The molecule has 0 saturated heterocycles. The number of hydrogen-bond donors (Lipinski definition) is 3. The Morgan fingerprint density at radius 3 is 2.84 bits per heavy atom. The first-order valence-corrected chi connectivity index (χ1v) is 6.87. The van der Waals surface area contributed by atoms with Crippen LogP contribution in [0.3, 0.4) is 0 Å². The molecule has 0 saturated carbocycles. The summed E-state index contributed by atoms with van der Waals surface area (Å²) < 4.78 is 0. The largest absolute Gasteiger partial charge is 0.389 e. The number of thiocarbonyl (C=S) groups is 1. The van der Waals surface area contributed by atoms with Crippen molar-refractivity contribution in [3.8, 4) is 0 Å². The number of H-pyrrole nitrogens is 1. The van der Waals surface area contributed by atoms with Crippen molar-refractivity contribution in [2.24, 2.45) is 5.73 Å². The van der Waals surface area contributed by atoms with E-state index in [1.165, 1.54) is 18.0 Å². The number of aromatic amines is 1. The van der Waals surface area contributed by atoms with Crippen LogP contribution in [0.25, 0.3) is 0 Å². The van der Waals surface area contributed by atoms with E-state index in [2.05, 4.69) is 15.5 Å². The van der Waals surface area contributed by atoms with E-state index >= 15 is 0 Å². The van der Waals surface area contributed by atoms with E-state index < -0.39 is 0 Å². The molecule has 7 heteroatoms. The number of nitrogens with zero attached hydrogens (tertiary/aromatic N) is 1. The number of nitrogens with two attached hydrogens (primary N) is 1. The molecule has 0 aliphatic carbocycles. The number of benzene rings is 1. The summed E-state index contributed by atoms with van der Waals surface area (Å²) >= 11 is 6.31. The fraction of sp³-hybridized carbons (Fsp3) is 0.0833. The van der Waals surface area contributed by atoms with Crippen LogP contribution in [0.5, 0.6) is 0 Å². The van der Waals surface area contributed by atoms with Gasteiger partial charge in [-0.15, -0.1) is 11.8 Å². The van der Waals surface area contributed by atoms with E-state index in [1.54, 1.807) is 0 Å². The van der Waals surface area contributed by atoms with Crippen LogP contribution in [0.15, 0.2) is 41.4 Å². The highest BCUT2D eigenvalue weighted by Crippen LogP contribution is 2.17. The van der Waals surface area contributed by atoms with Crippen molar-refractivity contribution in [3.05, 3.63) is 42.1 Å². The molecule has 2 rings (SSSR count). The van der Waals surface area contributed by atoms with Crippen molar-refractivity contribution in [2.75, 3.05) is 11.1 Å². The Hall–Kier alpha value is -1.86. The highest BCUT2D eigenvalue weighted by atomic mass is 32.2. The Balaban J connectivity index is 1.91. The minimum Gasteiger partial charge on any atom is -0.389 e. The number of anilines is 1. The van der Waals surface area contributed by atoms with Crippen LogP contribution in [0, 0.1) is 0 Å². The molecule has 0 aliphatic heterocycles. The lowest BCUT2D eigenvalue weighted by molar-refractivity contribution is -0.113. The Kier molecular flexibility index (Phi) is 4.53. The van der Waals surface area contributed by atoms with Gasteiger partial charge in [-0.2, -0.15) is 5.10 Å². The van der Waals surface area contributed by atoms with Crippen molar-refractivity contribution in [1.29, 1.82) is 0 Å². The van der Waals surface area contributed by atoms with Gasteiger partial charge in [0.2, 0.25) is 5.91 Å². The van der Waals surface area contributed by atoms with E-state index in [0.717, 1.165) is 4.90 Å². The summed E-state index contributed by atoms with van der Waals surface area (Å²) in [5.74, 6) is 0.599. The fourth-order valence-electron chi connectivity index (χ4n) is 1.41. The zero-order valence-electron chi connectivity index (χ0n) is 9.92. The molecule has 98 valence electrons. The molecule has 19 heavy (non-hydrogen) atoms. The molecule has 0 aliphatic rings. The molecule has 1 heterocycles. The van der Waals surface area contributed by atoms with Crippen LogP contribution in [-0.2, 0) is 4.79 Å². The second kappa shape index (κ2) is 6.35. The topological polar surface area (TPSA) is 83.8 Å². The second-order valence-corrected chi connectivity index (χ2v) is 5.16. The second-order valence-electron chi connectivity index (χ2n) is 3.67. The SMILES string of the molecule is NC(=S)c1cn[nH]c1NC(=O)CSc1ccccc1. The van der Waals surface area contributed by atoms with E-state index in [0.29, 0.717) is 17.1 Å². The monoisotopic (exact) mass is 292 g/mol. The van der Waals surface area contributed by atoms with Gasteiger partial charge in [0.1, 0.15) is 10.8 Å². The summed E-state index contributed by atoms with van der Waals surface area (Å²) in [6.07, 6.45) is 1.49. The van der Waals surface area contributed by atoms with Gasteiger partial charge in [0.25, 0.3) is 0 Å². The van der Waals surface area contributed by atoms with Crippen LogP contribution < -0.4 is 11.1 Å². The Bertz CT molecular complexity index is 582. The number of carbonyl (C=O) groups excluding carboxylic acids is 1. The van der Waals surface area contributed by atoms with Gasteiger partial charge in [-0.3, -0.25) is 9.89 Å². The number of hydrogen-bond acceptors (Lipinski definition) is 4. The number of carbonyl (C=O) groups is 1. The zero-order valence-corrected chi connectivity index (χ0v) is 11.6. The standard InChI is InChI=1S/C12H12N4OS2/c13-11(18)9-6-14-16-12(9)15-10(17)7-19-8-4-2-1-3-5-8/h1-6H,7H2,(H2,13,18)(H2,14,15,16,17). The molecule has 0 radical (unpaired) electrons. The summed E-state index contributed by atoms with van der Waals surface area (Å²) in [5, 5.41) is 9.15. The lowest BCUT2D eigenvalue weighted by Gasteiger charge is -2.04. The molecule has 4 N–H and O–H groups in total. The molecule has 2 aromatic rings. The number of nitrogens with one attached hydrogen (secondary N) is 2. The third kappa shape index (κ3) is 3.80. The molecule has 0 fully saturated rings. The van der Waals surface area contributed by atoms with Gasteiger partial charge in [-0.1, -0.05) is 30.4 Å². The smallest absolute Gasteiger partial charge is 0.235 e. The summed E-state index contributed by atoms with van der Waals surface area (Å²) in [7, 11) is 0. The maximum atomic E-state index is 11.8. The molecular formula is C12H12N4OS2. The van der Waals surface area contributed by atoms with Crippen molar-refractivity contribution < 1.29 is 4.79 Å². The lowest BCUT2D eigenvalue weighted by Crippen LogP contribution is -2.18. The van der Waals surface area contributed by atoms with E-state index in [9.17, 15) is 4.79 Å². The third-order valence-electron chi connectivity index (χ3n) is 2.28. The lowest BCUT2D eigenvalue weighted by atomic mass is 10.3. The van der Waals surface area contributed by atoms with Crippen molar-refractivity contribution in [1.82, 2.24) is 10.2 Å². The van der Waals surface area contributed by atoms with Gasteiger partial charge in [-0.25, -0.2) is 0 Å². The van der Waals surface area contributed by atoms with Crippen LogP contribution in [0.4, 0.5) is 5.82 Å². The van der Waals surface area contributed by atoms with Gasteiger partial charge in [0.15, 0.2) is 0 Å². The number of aromatic nitrogens is 2.